The molecule has 7 nitrogen and oxygen atoms in total. The lowest BCUT2D eigenvalue weighted by atomic mass is 10.0. The van der Waals surface area contributed by atoms with Crippen LogP contribution in [0, 0.1) is 6.92 Å². The summed E-state index contributed by atoms with van der Waals surface area (Å²) in [5, 5.41) is 15.6. The highest BCUT2D eigenvalue weighted by atomic mass is 32.1. The predicted octanol–water partition coefficient (Wildman–Crippen LogP) is 1.56. The minimum Gasteiger partial charge on any atom is -0.461 e. The molecule has 0 aliphatic carbocycles. The van der Waals surface area contributed by atoms with Crippen LogP contribution in [0.1, 0.15) is 30.6 Å². The Morgan fingerprint density at radius 3 is 2.74 bits per heavy atom. The Kier molecular flexibility index (Phi) is 6.20. The number of aliphatic hydroxyl groups excluding tert-OH is 1. The van der Waals surface area contributed by atoms with E-state index in [0.29, 0.717) is 13.0 Å². The maximum absolute atomic E-state index is 12.5. The van der Waals surface area contributed by atoms with Crippen LogP contribution in [0.15, 0.2) is 29.8 Å². The Labute approximate surface area is 161 Å². The molecule has 3 atom stereocenters. The van der Waals surface area contributed by atoms with Crippen molar-refractivity contribution in [1.82, 2.24) is 15.6 Å². The minimum atomic E-state index is -0.497. The number of carbonyl (C=O) groups is 2. The molecule has 1 aromatic carbocycles. The van der Waals surface area contributed by atoms with Crippen LogP contribution in [0.25, 0.3) is 10.4 Å². The van der Waals surface area contributed by atoms with Crippen LogP contribution in [0.3, 0.4) is 0 Å². The van der Waals surface area contributed by atoms with Crippen molar-refractivity contribution >= 4 is 23.2 Å². The lowest BCUT2D eigenvalue weighted by molar-refractivity contribution is -0.145. The summed E-state index contributed by atoms with van der Waals surface area (Å²) in [5.74, 6) is -0.571. The molecule has 27 heavy (non-hydrogen) atoms. The third-order valence-electron chi connectivity index (χ3n) is 4.56. The Morgan fingerprint density at radius 2 is 2.15 bits per heavy atom. The number of aromatic nitrogens is 1. The molecule has 1 aliphatic rings. The molecule has 3 N–H and O–H groups in total. The zero-order valence-electron chi connectivity index (χ0n) is 15.3. The average molecular weight is 389 g/mol. The smallest absolute Gasteiger partial charge is 0.302 e. The summed E-state index contributed by atoms with van der Waals surface area (Å²) in [7, 11) is 0. The van der Waals surface area contributed by atoms with Crippen molar-refractivity contribution in [2.24, 2.45) is 0 Å². The maximum atomic E-state index is 12.5. The van der Waals surface area contributed by atoms with Crippen molar-refractivity contribution in [1.29, 1.82) is 0 Å². The van der Waals surface area contributed by atoms with E-state index < -0.39 is 12.1 Å². The molecule has 1 aliphatic heterocycles. The number of nitrogens with zero attached hydrogens (tertiary/aromatic N) is 1. The Hall–Kier alpha value is -2.29. The number of hydrogen-bond acceptors (Lipinski definition) is 7. The molecule has 0 bridgehead atoms. The fraction of sp³-hybridized carbons (Fsp3) is 0.421. The highest BCUT2D eigenvalue weighted by Gasteiger charge is 2.32. The zero-order valence-corrected chi connectivity index (χ0v) is 16.1. The molecule has 1 saturated heterocycles. The largest absolute Gasteiger partial charge is 0.461 e. The first-order chi connectivity index (χ1) is 13.0. The molecule has 144 valence electrons. The second-order valence-corrected chi connectivity index (χ2v) is 7.42. The number of thiazole rings is 1. The van der Waals surface area contributed by atoms with Crippen molar-refractivity contribution in [3.05, 3.63) is 41.0 Å². The van der Waals surface area contributed by atoms with Crippen molar-refractivity contribution < 1.29 is 19.4 Å². The summed E-state index contributed by atoms with van der Waals surface area (Å²) in [4.78, 5) is 28.9. The highest BCUT2D eigenvalue weighted by molar-refractivity contribution is 7.13. The van der Waals surface area contributed by atoms with Gasteiger partial charge in [-0.25, -0.2) is 4.98 Å². The van der Waals surface area contributed by atoms with Crippen LogP contribution in [0.2, 0.25) is 0 Å². The van der Waals surface area contributed by atoms with Gasteiger partial charge in [-0.2, -0.15) is 0 Å². The third-order valence-corrected chi connectivity index (χ3v) is 5.54. The number of ether oxygens (including phenoxy) is 1. The third kappa shape index (κ3) is 4.71. The van der Waals surface area contributed by atoms with Gasteiger partial charge in [0.05, 0.1) is 34.8 Å². The number of rotatable bonds is 6. The van der Waals surface area contributed by atoms with Gasteiger partial charge in [0.25, 0.3) is 0 Å². The van der Waals surface area contributed by atoms with Crippen LogP contribution >= 0.6 is 11.3 Å². The monoisotopic (exact) mass is 389 g/mol. The number of amides is 1. The number of aryl methyl sites for hydroxylation is 1. The summed E-state index contributed by atoms with van der Waals surface area (Å²) in [5.41, 5.74) is 4.68. The SMILES string of the molecule is CC(=O)OC1CNC(C(=O)N[C@@H](CO)c2ccc(-c3scnc3C)cc2)C1. The summed E-state index contributed by atoms with van der Waals surface area (Å²) in [6.45, 7) is 3.57. The number of benzene rings is 1. The van der Waals surface area contributed by atoms with E-state index in [1.165, 1.54) is 6.92 Å². The molecule has 0 spiro atoms. The summed E-state index contributed by atoms with van der Waals surface area (Å²) < 4.78 is 5.13. The van der Waals surface area contributed by atoms with Gasteiger partial charge in [-0.15, -0.1) is 11.3 Å². The predicted molar refractivity (Wildman–Crippen MR) is 102 cm³/mol. The molecule has 8 heteroatoms. The molecule has 2 unspecified atom stereocenters. The van der Waals surface area contributed by atoms with Crippen LogP contribution < -0.4 is 10.6 Å². The lowest BCUT2D eigenvalue weighted by Gasteiger charge is -2.20. The van der Waals surface area contributed by atoms with Gasteiger partial charge in [0.15, 0.2) is 0 Å². The summed E-state index contributed by atoms with van der Waals surface area (Å²) >= 11 is 1.58. The first kappa shape index (κ1) is 19.5. The van der Waals surface area contributed by atoms with Gasteiger partial charge in [-0.1, -0.05) is 24.3 Å². The quantitative estimate of drug-likeness (QED) is 0.649. The van der Waals surface area contributed by atoms with Gasteiger partial charge in [0.1, 0.15) is 6.10 Å². The Morgan fingerprint density at radius 1 is 1.41 bits per heavy atom. The molecular formula is C19H23N3O4S. The molecule has 1 amide bonds. The fourth-order valence-electron chi connectivity index (χ4n) is 3.18. The van der Waals surface area contributed by atoms with Gasteiger partial charge < -0.3 is 20.5 Å². The molecule has 3 rings (SSSR count). The van der Waals surface area contributed by atoms with Gasteiger partial charge >= 0.3 is 5.97 Å². The molecule has 0 saturated carbocycles. The van der Waals surface area contributed by atoms with Gasteiger partial charge in [0.2, 0.25) is 5.91 Å². The average Bonchev–Trinajstić information content (AvgIpc) is 3.28. The van der Waals surface area contributed by atoms with E-state index in [4.69, 9.17) is 4.74 Å². The van der Waals surface area contributed by atoms with E-state index in [1.807, 2.05) is 36.7 Å². The van der Waals surface area contributed by atoms with Crippen molar-refractivity contribution in [3.63, 3.8) is 0 Å². The standard InChI is InChI=1S/C19H23N3O4S/c1-11-18(27-10-21-11)14-5-3-13(4-6-14)17(9-23)22-19(25)16-7-15(8-20-16)26-12(2)24/h3-6,10,15-17,20,23H,7-9H2,1-2H3,(H,22,25)/t15?,16?,17-/m0/s1. The maximum Gasteiger partial charge on any atom is 0.302 e. The fourth-order valence-corrected chi connectivity index (χ4v) is 3.99. The molecule has 0 radical (unpaired) electrons. The van der Waals surface area contributed by atoms with E-state index in [0.717, 1.165) is 21.7 Å². The van der Waals surface area contributed by atoms with E-state index in [2.05, 4.69) is 15.6 Å². The highest BCUT2D eigenvalue weighted by Crippen LogP contribution is 2.28. The first-order valence-corrected chi connectivity index (χ1v) is 9.68. The van der Waals surface area contributed by atoms with Gasteiger partial charge in [0, 0.05) is 19.9 Å². The topological polar surface area (TPSA) is 101 Å². The van der Waals surface area contributed by atoms with E-state index >= 15 is 0 Å². The minimum absolute atomic E-state index is 0.204. The van der Waals surface area contributed by atoms with Crippen LogP contribution in [0.5, 0.6) is 0 Å². The van der Waals surface area contributed by atoms with Gasteiger partial charge in [-0.3, -0.25) is 9.59 Å². The molecule has 2 aromatic rings. The number of aliphatic hydroxyl groups is 1. The molecular weight excluding hydrogens is 366 g/mol. The second kappa shape index (κ2) is 8.60. The molecule has 1 fully saturated rings. The number of hydrogen-bond donors (Lipinski definition) is 3. The molecule has 2 heterocycles. The van der Waals surface area contributed by atoms with Crippen molar-refractivity contribution in [2.75, 3.05) is 13.2 Å². The Balaban J connectivity index is 1.62. The zero-order chi connectivity index (χ0) is 19.4. The second-order valence-electron chi connectivity index (χ2n) is 6.56. The first-order valence-electron chi connectivity index (χ1n) is 8.80. The van der Waals surface area contributed by atoms with Crippen LogP contribution in [-0.2, 0) is 14.3 Å². The lowest BCUT2D eigenvalue weighted by Crippen LogP contribution is -2.42. The van der Waals surface area contributed by atoms with E-state index in [9.17, 15) is 14.7 Å². The van der Waals surface area contributed by atoms with E-state index in [1.54, 1.807) is 11.3 Å². The van der Waals surface area contributed by atoms with Gasteiger partial charge in [-0.05, 0) is 18.1 Å². The molecule has 1 aromatic heterocycles. The van der Waals surface area contributed by atoms with Crippen molar-refractivity contribution in [2.45, 2.75) is 38.5 Å². The Bertz CT molecular complexity index is 806. The van der Waals surface area contributed by atoms with Crippen molar-refractivity contribution in [3.8, 4) is 10.4 Å². The van der Waals surface area contributed by atoms with E-state index in [-0.39, 0.29) is 24.6 Å². The number of carbonyl (C=O) groups excluding carboxylic acids is 2. The normalized spacial score (nSPS) is 20.3. The van der Waals surface area contributed by atoms with Crippen LogP contribution in [-0.4, -0.2) is 47.3 Å². The number of esters is 1. The summed E-state index contributed by atoms with van der Waals surface area (Å²) in [6, 6.07) is 6.80. The van der Waals surface area contributed by atoms with Crippen LogP contribution in [0.4, 0.5) is 0 Å². The number of nitrogens with one attached hydrogen (secondary N) is 2. The summed E-state index contributed by atoms with van der Waals surface area (Å²) in [6.07, 6.45) is 0.125.